The number of aliphatic hydroxyl groups is 1. The van der Waals surface area contributed by atoms with E-state index in [1.807, 2.05) is 36.4 Å². The number of carboxylic acid groups (broad SMARTS) is 1. The van der Waals surface area contributed by atoms with Crippen LogP contribution in [0.25, 0.3) is 5.32 Å². The van der Waals surface area contributed by atoms with Crippen LogP contribution in [0.5, 0.6) is 0 Å². The van der Waals surface area contributed by atoms with Crippen LogP contribution in [0.1, 0.15) is 41.2 Å². The van der Waals surface area contributed by atoms with Crippen molar-refractivity contribution in [3.63, 3.8) is 0 Å². The van der Waals surface area contributed by atoms with Gasteiger partial charge in [0, 0.05) is 28.6 Å². The average molecular weight is 623 g/mol. The SMILES string of the molecule is O=C(O)[C@H](N=C(c1ccccc1)c1ccccc1[N-]C(=O)[C@@H]1CCCN1Cc1ccccc1)[C@@H](O)c1ccc(F)cc1.[Ni]. The van der Waals surface area contributed by atoms with Crippen LogP contribution in [0.3, 0.4) is 0 Å². The summed E-state index contributed by atoms with van der Waals surface area (Å²) in [5.74, 6) is -2.13. The zero-order valence-electron chi connectivity index (χ0n) is 23.2. The normalized spacial score (nSPS) is 16.6. The third kappa shape index (κ3) is 7.82. The van der Waals surface area contributed by atoms with Crippen molar-refractivity contribution in [1.82, 2.24) is 4.90 Å². The minimum Gasteiger partial charge on any atom is -0.625 e. The van der Waals surface area contributed by atoms with Gasteiger partial charge in [-0.3, -0.25) is 9.89 Å². The fraction of sp³-hybridized carbons (Fsp3) is 0.206. The third-order valence-electron chi connectivity index (χ3n) is 7.35. The number of hydrogen-bond acceptors (Lipinski definition) is 5. The Labute approximate surface area is 260 Å². The number of nitrogens with zero attached hydrogens (tertiary/aromatic N) is 3. The van der Waals surface area contributed by atoms with Crippen LogP contribution in [0.4, 0.5) is 10.1 Å². The standard InChI is InChI=1S/C34H32FN3O4.Ni/c35-26-19-17-25(18-20-26)32(39)31(34(41)42)37-30(24-12-5-2-6-13-24)27-14-7-8-15-28(27)36-33(40)29-16-9-21-38(29)22-23-10-3-1-4-11-23;/h1-8,10-15,17-20,29,31-32,39H,9,16,21-22H2,(H2,36,37,40,41,42);/p-1/t29-,31+,32-;/m0./s1. The molecular formula is C34H31FN3NiO4-. The van der Waals surface area contributed by atoms with Crippen molar-refractivity contribution >= 4 is 23.3 Å². The number of carbonyl (C=O) groups is 2. The Balaban J connectivity index is 0.00000423. The molecule has 1 fully saturated rings. The largest absolute Gasteiger partial charge is 0.625 e. The Morgan fingerprint density at radius 2 is 1.53 bits per heavy atom. The van der Waals surface area contributed by atoms with Crippen LogP contribution in [0.2, 0.25) is 0 Å². The van der Waals surface area contributed by atoms with Crippen molar-refractivity contribution < 1.29 is 40.7 Å². The smallest absolute Gasteiger partial charge is 0.331 e. The van der Waals surface area contributed by atoms with Gasteiger partial charge in [-0.05, 0) is 48.2 Å². The molecule has 1 amide bonds. The number of rotatable bonds is 10. The summed E-state index contributed by atoms with van der Waals surface area (Å²) < 4.78 is 13.5. The van der Waals surface area contributed by atoms with Gasteiger partial charge in [-0.25, -0.2) is 9.18 Å². The van der Waals surface area contributed by atoms with E-state index in [1.54, 1.807) is 48.5 Å². The number of hydrogen-bond donors (Lipinski definition) is 2. The van der Waals surface area contributed by atoms with Gasteiger partial charge in [-0.2, -0.15) is 0 Å². The van der Waals surface area contributed by atoms with Crippen LogP contribution >= 0.6 is 0 Å². The predicted octanol–water partition coefficient (Wildman–Crippen LogP) is 6.04. The topological polar surface area (TPSA) is 104 Å². The van der Waals surface area contributed by atoms with Gasteiger partial charge in [0.1, 0.15) is 11.9 Å². The van der Waals surface area contributed by atoms with E-state index in [9.17, 15) is 24.2 Å². The number of aliphatic hydroxyl groups excluding tert-OH is 1. The summed E-state index contributed by atoms with van der Waals surface area (Å²) >= 11 is 0. The Morgan fingerprint density at radius 3 is 2.21 bits per heavy atom. The third-order valence-corrected chi connectivity index (χ3v) is 7.35. The quantitative estimate of drug-likeness (QED) is 0.166. The molecule has 1 saturated heterocycles. The van der Waals surface area contributed by atoms with Gasteiger partial charge in [0.15, 0.2) is 6.04 Å². The zero-order chi connectivity index (χ0) is 29.5. The van der Waals surface area contributed by atoms with Crippen molar-refractivity contribution in [3.8, 4) is 0 Å². The minimum atomic E-state index is -1.61. The van der Waals surface area contributed by atoms with Crippen molar-refractivity contribution in [2.24, 2.45) is 4.99 Å². The summed E-state index contributed by atoms with van der Waals surface area (Å²) in [4.78, 5) is 32.6. The first-order valence-electron chi connectivity index (χ1n) is 13.8. The van der Waals surface area contributed by atoms with Crippen LogP contribution in [-0.4, -0.2) is 51.3 Å². The molecule has 2 N–H and O–H groups in total. The molecule has 43 heavy (non-hydrogen) atoms. The molecule has 1 aliphatic rings. The van der Waals surface area contributed by atoms with Gasteiger partial charge in [0.2, 0.25) is 0 Å². The van der Waals surface area contributed by atoms with E-state index in [2.05, 4.69) is 15.2 Å². The number of likely N-dealkylation sites (tertiary alicyclic amines) is 1. The van der Waals surface area contributed by atoms with Gasteiger partial charge in [-0.1, -0.05) is 97.1 Å². The first kappa shape index (κ1) is 31.8. The molecule has 0 aliphatic carbocycles. The molecule has 0 spiro atoms. The summed E-state index contributed by atoms with van der Waals surface area (Å²) in [6.45, 7) is 1.44. The van der Waals surface area contributed by atoms with Crippen molar-refractivity contribution in [2.45, 2.75) is 37.6 Å². The fourth-order valence-electron chi connectivity index (χ4n) is 5.22. The molecule has 4 aromatic carbocycles. The van der Waals surface area contributed by atoms with E-state index in [0.29, 0.717) is 29.8 Å². The molecule has 9 heteroatoms. The molecule has 224 valence electrons. The minimum absolute atomic E-state index is 0. The van der Waals surface area contributed by atoms with E-state index in [1.165, 1.54) is 12.1 Å². The Bertz CT molecular complexity index is 1550. The van der Waals surface area contributed by atoms with E-state index in [0.717, 1.165) is 30.7 Å². The van der Waals surface area contributed by atoms with Gasteiger partial charge in [0.05, 0.1) is 17.7 Å². The van der Waals surface area contributed by atoms with Crippen molar-refractivity contribution in [2.75, 3.05) is 6.54 Å². The zero-order valence-corrected chi connectivity index (χ0v) is 24.2. The molecule has 5 rings (SSSR count). The van der Waals surface area contributed by atoms with E-state index in [-0.39, 0.29) is 39.7 Å². The van der Waals surface area contributed by atoms with Crippen LogP contribution in [0.15, 0.2) is 114 Å². The maximum atomic E-state index is 13.6. The Morgan fingerprint density at radius 1 is 0.907 bits per heavy atom. The number of carboxylic acids is 1. The number of benzene rings is 4. The molecule has 7 nitrogen and oxygen atoms in total. The summed E-state index contributed by atoms with van der Waals surface area (Å²) in [6, 6.07) is 28.9. The fourth-order valence-corrected chi connectivity index (χ4v) is 5.22. The second-order valence-corrected chi connectivity index (χ2v) is 10.2. The maximum absolute atomic E-state index is 13.6. The van der Waals surface area contributed by atoms with Crippen LogP contribution in [-0.2, 0) is 32.6 Å². The van der Waals surface area contributed by atoms with Gasteiger partial charge >= 0.3 is 5.97 Å². The second kappa shape index (κ2) is 14.8. The van der Waals surface area contributed by atoms with Crippen LogP contribution in [0, 0.1) is 5.82 Å². The molecule has 3 atom stereocenters. The Hall–Kier alpha value is -4.17. The molecule has 0 aromatic heterocycles. The number of halogens is 1. The number of amides is 1. The monoisotopic (exact) mass is 622 g/mol. The molecule has 1 heterocycles. The summed E-state index contributed by atoms with van der Waals surface area (Å²) in [5, 5.41) is 25.6. The van der Waals surface area contributed by atoms with Crippen molar-refractivity contribution in [1.29, 1.82) is 0 Å². The van der Waals surface area contributed by atoms with E-state index in [4.69, 9.17) is 0 Å². The van der Waals surface area contributed by atoms with Crippen molar-refractivity contribution in [3.05, 3.63) is 143 Å². The van der Waals surface area contributed by atoms with Crippen LogP contribution < -0.4 is 0 Å². The number of para-hydroxylation sites is 1. The second-order valence-electron chi connectivity index (χ2n) is 10.2. The number of aliphatic carboxylic acids is 1. The van der Waals surface area contributed by atoms with Gasteiger partial charge in [0.25, 0.3) is 0 Å². The Kier molecular flexibility index (Phi) is 11.0. The molecule has 0 bridgehead atoms. The molecule has 0 unspecified atom stereocenters. The average Bonchev–Trinajstić information content (AvgIpc) is 3.47. The number of aliphatic imine (C=N–C) groups is 1. The first-order valence-corrected chi connectivity index (χ1v) is 13.8. The molecule has 0 saturated carbocycles. The summed E-state index contributed by atoms with van der Waals surface area (Å²) in [5.41, 5.74) is 3.02. The molecule has 1 aliphatic heterocycles. The molecular weight excluding hydrogens is 592 g/mol. The van der Waals surface area contributed by atoms with E-state index >= 15 is 0 Å². The summed E-state index contributed by atoms with van der Waals surface area (Å²) in [6.07, 6.45) is 0.0400. The number of carbonyl (C=O) groups excluding carboxylic acids is 1. The predicted molar refractivity (Wildman–Crippen MR) is 159 cm³/mol. The molecule has 4 aromatic rings. The maximum Gasteiger partial charge on any atom is 0.331 e. The van der Waals surface area contributed by atoms with Gasteiger partial charge < -0.3 is 20.3 Å². The van der Waals surface area contributed by atoms with Gasteiger partial charge in [-0.15, -0.1) is 5.69 Å². The summed E-state index contributed by atoms with van der Waals surface area (Å²) in [7, 11) is 0. The van der Waals surface area contributed by atoms with E-state index < -0.39 is 23.9 Å². The first-order chi connectivity index (χ1) is 20.4. The molecule has 0 radical (unpaired) electrons.